The van der Waals surface area contributed by atoms with E-state index in [-0.39, 0.29) is 19.1 Å². The molecule has 58 heavy (non-hydrogen) atoms. The molecule has 9 heteroatoms. The second-order valence-corrected chi connectivity index (χ2v) is 19.3. The molecule has 0 aliphatic carbocycles. The summed E-state index contributed by atoms with van der Waals surface area (Å²) >= 11 is 0. The SMILES string of the molecule is CCCC/C=C\C/C=C\CCCCCCCC(=O)NC(COP(=O)(O)OCC[N+](C)(C)C)C(O)/C=C/CCCCCCCCCCCCCCCCCCCCCC. The zero-order chi connectivity index (χ0) is 42.8. The van der Waals surface area contributed by atoms with Gasteiger partial charge in [0.2, 0.25) is 5.91 Å². The lowest BCUT2D eigenvalue weighted by Gasteiger charge is -2.25. The van der Waals surface area contributed by atoms with Crippen LogP contribution in [0.4, 0.5) is 0 Å². The van der Waals surface area contributed by atoms with Gasteiger partial charge in [-0.2, -0.15) is 0 Å². The maximum atomic E-state index is 12.9. The van der Waals surface area contributed by atoms with Gasteiger partial charge in [-0.15, -0.1) is 0 Å². The van der Waals surface area contributed by atoms with Crippen LogP contribution in [-0.2, 0) is 18.4 Å². The topological polar surface area (TPSA) is 105 Å². The Kier molecular flexibility index (Phi) is 40.2. The van der Waals surface area contributed by atoms with Crippen molar-refractivity contribution in [2.24, 2.45) is 0 Å². The van der Waals surface area contributed by atoms with Crippen LogP contribution in [0, 0.1) is 0 Å². The minimum absolute atomic E-state index is 0.0585. The second-order valence-electron chi connectivity index (χ2n) is 17.8. The van der Waals surface area contributed by atoms with Crippen molar-refractivity contribution in [2.75, 3.05) is 40.9 Å². The van der Waals surface area contributed by atoms with E-state index in [0.717, 1.165) is 64.2 Å². The number of hydrogen-bond acceptors (Lipinski definition) is 5. The number of nitrogens with one attached hydrogen (secondary N) is 1. The molecule has 0 aromatic heterocycles. The number of phosphoric ester groups is 1. The van der Waals surface area contributed by atoms with Crippen LogP contribution in [0.5, 0.6) is 0 Å². The Morgan fingerprint density at radius 2 is 1.00 bits per heavy atom. The average molecular weight is 840 g/mol. The van der Waals surface area contributed by atoms with Gasteiger partial charge in [-0.3, -0.25) is 13.8 Å². The highest BCUT2D eigenvalue weighted by Gasteiger charge is 2.27. The minimum atomic E-state index is -4.34. The number of allylic oxidation sites excluding steroid dienone is 5. The quantitative estimate of drug-likeness (QED) is 0.0244. The van der Waals surface area contributed by atoms with Crippen LogP contribution in [0.25, 0.3) is 0 Å². The third-order valence-corrected chi connectivity index (χ3v) is 11.8. The lowest BCUT2D eigenvalue weighted by Crippen LogP contribution is -2.45. The van der Waals surface area contributed by atoms with Crippen molar-refractivity contribution < 1.29 is 32.9 Å². The molecule has 8 nitrogen and oxygen atoms in total. The molecule has 0 fully saturated rings. The van der Waals surface area contributed by atoms with Crippen LogP contribution in [0.2, 0.25) is 0 Å². The molecule has 0 aliphatic heterocycles. The van der Waals surface area contributed by atoms with Crippen molar-refractivity contribution in [2.45, 2.75) is 231 Å². The van der Waals surface area contributed by atoms with E-state index in [1.807, 2.05) is 27.2 Å². The van der Waals surface area contributed by atoms with Crippen LogP contribution in [0.15, 0.2) is 36.5 Å². The molecule has 0 saturated heterocycles. The number of nitrogens with zero attached hydrogens (tertiary/aromatic N) is 1. The number of unbranched alkanes of at least 4 members (excludes halogenated alkanes) is 27. The number of phosphoric acid groups is 1. The molecule has 0 heterocycles. The highest BCUT2D eigenvalue weighted by Crippen LogP contribution is 2.43. The molecular weight excluding hydrogens is 744 g/mol. The summed E-state index contributed by atoms with van der Waals surface area (Å²) in [4.78, 5) is 23.1. The number of aliphatic hydroxyl groups excluding tert-OH is 1. The average Bonchev–Trinajstić information content (AvgIpc) is 3.17. The summed E-state index contributed by atoms with van der Waals surface area (Å²) in [6, 6.07) is -0.852. The molecule has 0 bridgehead atoms. The van der Waals surface area contributed by atoms with Crippen LogP contribution in [0.1, 0.15) is 219 Å². The number of amides is 1. The Hall–Kier alpha value is -1.28. The van der Waals surface area contributed by atoms with Gasteiger partial charge in [-0.25, -0.2) is 4.57 Å². The Morgan fingerprint density at radius 1 is 0.586 bits per heavy atom. The molecule has 342 valence electrons. The number of aliphatic hydroxyl groups is 1. The Bertz CT molecular complexity index is 1040. The minimum Gasteiger partial charge on any atom is -0.387 e. The molecule has 0 radical (unpaired) electrons. The first-order valence-electron chi connectivity index (χ1n) is 24.4. The molecule has 0 aromatic rings. The second kappa shape index (κ2) is 41.1. The smallest absolute Gasteiger partial charge is 0.387 e. The number of likely N-dealkylation sites (N-methyl/N-ethyl adjacent to an activating group) is 1. The van der Waals surface area contributed by atoms with Gasteiger partial charge >= 0.3 is 7.82 Å². The molecule has 0 aromatic carbocycles. The fourth-order valence-corrected chi connectivity index (χ4v) is 7.68. The largest absolute Gasteiger partial charge is 0.472 e. The van der Waals surface area contributed by atoms with Crippen LogP contribution in [0.3, 0.4) is 0 Å². The first-order valence-corrected chi connectivity index (χ1v) is 25.9. The number of rotatable bonds is 44. The molecule has 3 unspecified atom stereocenters. The number of quaternary nitrogens is 1. The first kappa shape index (κ1) is 56.7. The summed E-state index contributed by atoms with van der Waals surface area (Å²) in [5.41, 5.74) is 0. The van der Waals surface area contributed by atoms with Crippen LogP contribution in [-0.4, -0.2) is 73.4 Å². The van der Waals surface area contributed by atoms with Crippen molar-refractivity contribution in [3.8, 4) is 0 Å². The van der Waals surface area contributed by atoms with E-state index in [2.05, 4.69) is 43.5 Å². The Morgan fingerprint density at radius 3 is 1.47 bits per heavy atom. The zero-order valence-electron chi connectivity index (χ0n) is 38.8. The van der Waals surface area contributed by atoms with Crippen LogP contribution < -0.4 is 5.32 Å². The van der Waals surface area contributed by atoms with Crippen molar-refractivity contribution in [1.29, 1.82) is 0 Å². The molecule has 3 N–H and O–H groups in total. The van der Waals surface area contributed by atoms with E-state index in [1.54, 1.807) is 6.08 Å². The van der Waals surface area contributed by atoms with E-state index >= 15 is 0 Å². The fraction of sp³-hybridized carbons (Fsp3) is 0.857. The predicted molar refractivity (Wildman–Crippen MR) is 249 cm³/mol. The summed E-state index contributed by atoms with van der Waals surface area (Å²) in [6.45, 7) is 4.77. The monoisotopic (exact) mass is 840 g/mol. The number of carbonyl (C=O) groups is 1. The summed E-state index contributed by atoms with van der Waals surface area (Å²) in [5, 5.41) is 13.9. The van der Waals surface area contributed by atoms with Crippen LogP contribution >= 0.6 is 7.82 Å². The maximum Gasteiger partial charge on any atom is 0.472 e. The molecular formula is C49H96N2O6P+. The van der Waals surface area contributed by atoms with Crippen molar-refractivity contribution in [1.82, 2.24) is 5.32 Å². The van der Waals surface area contributed by atoms with Gasteiger partial charge in [0.25, 0.3) is 0 Å². The highest BCUT2D eigenvalue weighted by molar-refractivity contribution is 7.47. The van der Waals surface area contributed by atoms with Crippen molar-refractivity contribution >= 4 is 13.7 Å². The summed E-state index contributed by atoms with van der Waals surface area (Å²) in [7, 11) is 1.56. The summed E-state index contributed by atoms with van der Waals surface area (Å²) < 4.78 is 23.6. The maximum absolute atomic E-state index is 12.9. The van der Waals surface area contributed by atoms with Gasteiger partial charge < -0.3 is 19.8 Å². The van der Waals surface area contributed by atoms with Gasteiger partial charge in [0.05, 0.1) is 39.9 Å². The van der Waals surface area contributed by atoms with E-state index in [4.69, 9.17) is 9.05 Å². The van der Waals surface area contributed by atoms with E-state index in [0.29, 0.717) is 17.4 Å². The van der Waals surface area contributed by atoms with E-state index in [9.17, 15) is 19.4 Å². The molecule has 1 amide bonds. The first-order chi connectivity index (χ1) is 28.0. The fourth-order valence-electron chi connectivity index (χ4n) is 6.94. The number of carbonyl (C=O) groups excluding carboxylic acids is 1. The van der Waals surface area contributed by atoms with E-state index < -0.39 is 20.0 Å². The normalized spacial score (nSPS) is 14.5. The van der Waals surface area contributed by atoms with Gasteiger partial charge in [0, 0.05) is 6.42 Å². The Labute approximate surface area is 359 Å². The van der Waals surface area contributed by atoms with Crippen molar-refractivity contribution in [3.63, 3.8) is 0 Å². The molecule has 0 saturated carbocycles. The predicted octanol–water partition coefficient (Wildman–Crippen LogP) is 13.9. The highest BCUT2D eigenvalue weighted by atomic mass is 31.2. The van der Waals surface area contributed by atoms with Gasteiger partial charge in [0.1, 0.15) is 13.2 Å². The van der Waals surface area contributed by atoms with E-state index in [1.165, 1.54) is 135 Å². The van der Waals surface area contributed by atoms with Crippen molar-refractivity contribution in [3.05, 3.63) is 36.5 Å². The lowest BCUT2D eigenvalue weighted by molar-refractivity contribution is -0.870. The lowest BCUT2D eigenvalue weighted by atomic mass is 10.0. The molecule has 0 aliphatic rings. The third kappa shape index (κ3) is 42.8. The van der Waals surface area contributed by atoms with Gasteiger partial charge in [-0.05, 0) is 44.9 Å². The van der Waals surface area contributed by atoms with Gasteiger partial charge in [-0.1, -0.05) is 204 Å². The molecule has 0 rings (SSSR count). The van der Waals surface area contributed by atoms with Gasteiger partial charge in [0.15, 0.2) is 0 Å². The Balaban J connectivity index is 4.33. The molecule has 0 spiro atoms. The summed E-state index contributed by atoms with van der Waals surface area (Å²) in [5.74, 6) is -0.191. The summed E-state index contributed by atoms with van der Waals surface area (Å²) in [6.07, 6.45) is 50.8. The third-order valence-electron chi connectivity index (χ3n) is 10.9. The standard InChI is InChI=1S/C49H95N2O6P/c1-6-8-10-12-14-16-18-20-22-23-24-25-26-27-28-29-30-32-34-36-38-40-42-48(52)47(46-57-58(54,55)56-45-44-51(3,4)5)50-49(53)43-41-39-37-35-33-31-21-19-17-15-13-11-9-7-2/h13,15,19,21,40,42,47-48,52H,6-12,14,16-18,20,22-39,41,43-46H2,1-5H3,(H-,50,53,54,55)/p+1/b15-13-,21-19-,42-40+. The number of hydrogen-bond donors (Lipinski definition) is 3. The zero-order valence-corrected chi connectivity index (χ0v) is 39.7. The molecule has 3 atom stereocenters.